The highest BCUT2D eigenvalue weighted by molar-refractivity contribution is 6.04. The summed E-state index contributed by atoms with van der Waals surface area (Å²) in [5, 5.41) is 2.51. The van der Waals surface area contributed by atoms with Crippen molar-refractivity contribution in [1.82, 2.24) is 9.97 Å². The van der Waals surface area contributed by atoms with Crippen molar-refractivity contribution in [2.45, 2.75) is 6.92 Å². The highest BCUT2D eigenvalue weighted by Crippen LogP contribution is 2.15. The molecule has 118 valence electrons. The Balaban J connectivity index is 1.97. The Kier molecular flexibility index (Phi) is 4.98. The van der Waals surface area contributed by atoms with Crippen molar-refractivity contribution < 1.29 is 19.1 Å². The molecule has 0 aliphatic carbocycles. The fraction of sp³-hybridized carbons (Fsp3) is 0.133. The van der Waals surface area contributed by atoms with Gasteiger partial charge in [0.2, 0.25) is 0 Å². The highest BCUT2D eigenvalue weighted by atomic mass is 16.5. The van der Waals surface area contributed by atoms with Crippen LogP contribution in [0.3, 0.4) is 0 Å². The van der Waals surface area contributed by atoms with Crippen molar-refractivity contribution >= 4 is 29.2 Å². The fourth-order valence-electron chi connectivity index (χ4n) is 1.79. The van der Waals surface area contributed by atoms with Crippen molar-refractivity contribution in [3.05, 3.63) is 47.9 Å². The first-order chi connectivity index (χ1) is 11.0. The summed E-state index contributed by atoms with van der Waals surface area (Å²) in [5.74, 6) is -1.72. The van der Waals surface area contributed by atoms with E-state index in [-0.39, 0.29) is 17.3 Å². The predicted molar refractivity (Wildman–Crippen MR) is 81.8 cm³/mol. The van der Waals surface area contributed by atoms with Gasteiger partial charge in [0.05, 0.1) is 5.69 Å². The molecule has 0 bridgehead atoms. The van der Waals surface area contributed by atoms with Crippen molar-refractivity contribution in [2.75, 3.05) is 17.7 Å². The highest BCUT2D eigenvalue weighted by Gasteiger charge is 2.16. The Labute approximate surface area is 131 Å². The number of hydrogen-bond donors (Lipinski definition) is 2. The second-order valence-electron chi connectivity index (χ2n) is 4.52. The number of carbonyl (C=O) groups excluding carboxylic acids is 3. The molecule has 1 amide bonds. The number of rotatable bonds is 5. The van der Waals surface area contributed by atoms with Gasteiger partial charge in [0.1, 0.15) is 0 Å². The van der Waals surface area contributed by atoms with Crippen LogP contribution in [-0.4, -0.2) is 34.2 Å². The lowest BCUT2D eigenvalue weighted by atomic mass is 10.1. The Morgan fingerprint density at radius 1 is 1.17 bits per heavy atom. The van der Waals surface area contributed by atoms with E-state index in [9.17, 15) is 14.4 Å². The molecule has 23 heavy (non-hydrogen) atoms. The van der Waals surface area contributed by atoms with Crippen LogP contribution in [0.15, 0.2) is 36.7 Å². The fourth-order valence-corrected chi connectivity index (χ4v) is 1.79. The van der Waals surface area contributed by atoms with Crippen LogP contribution >= 0.6 is 0 Å². The number of nitrogens with two attached hydrogens (primary N) is 1. The zero-order chi connectivity index (χ0) is 16.8. The van der Waals surface area contributed by atoms with Crippen LogP contribution in [0, 0.1) is 0 Å². The van der Waals surface area contributed by atoms with Gasteiger partial charge in [0.15, 0.2) is 23.9 Å². The Hall–Kier alpha value is -3.29. The number of para-hydroxylation sites is 1. The molecule has 0 unspecified atom stereocenters. The molecule has 2 rings (SSSR count). The van der Waals surface area contributed by atoms with Gasteiger partial charge in [-0.05, 0) is 19.1 Å². The molecule has 0 aliphatic rings. The van der Waals surface area contributed by atoms with Gasteiger partial charge in [-0.25, -0.2) is 14.8 Å². The minimum absolute atomic E-state index is 0.0835. The lowest BCUT2D eigenvalue weighted by Gasteiger charge is -2.09. The molecule has 0 saturated carbocycles. The summed E-state index contributed by atoms with van der Waals surface area (Å²) in [6, 6.07) is 6.53. The summed E-state index contributed by atoms with van der Waals surface area (Å²) in [5.41, 5.74) is 6.04. The third kappa shape index (κ3) is 4.10. The monoisotopic (exact) mass is 314 g/mol. The average Bonchev–Trinajstić information content (AvgIpc) is 2.53. The second kappa shape index (κ2) is 7.12. The standard InChI is InChI=1S/C15H14N4O4/c1-9(20)10-4-2-3-5-11(10)19-12(21)8-23-15(22)13-14(16)18-7-6-17-13/h2-7H,8H2,1H3,(H2,16,18)(H,19,21). The van der Waals surface area contributed by atoms with Gasteiger partial charge in [0, 0.05) is 18.0 Å². The molecule has 1 heterocycles. The number of nitrogens with zero attached hydrogens (tertiary/aromatic N) is 2. The molecule has 0 aliphatic heterocycles. The van der Waals surface area contributed by atoms with Gasteiger partial charge in [0.25, 0.3) is 5.91 Å². The van der Waals surface area contributed by atoms with E-state index in [0.29, 0.717) is 11.3 Å². The van der Waals surface area contributed by atoms with Gasteiger partial charge in [-0.1, -0.05) is 12.1 Å². The summed E-state index contributed by atoms with van der Waals surface area (Å²) in [7, 11) is 0. The first-order valence-electron chi connectivity index (χ1n) is 6.62. The number of esters is 1. The van der Waals surface area contributed by atoms with Crippen LogP contribution in [0.1, 0.15) is 27.8 Å². The largest absolute Gasteiger partial charge is 0.451 e. The average molecular weight is 314 g/mol. The number of carbonyl (C=O) groups is 3. The maximum absolute atomic E-state index is 11.8. The quantitative estimate of drug-likeness (QED) is 0.624. The molecule has 3 N–H and O–H groups in total. The molecule has 0 radical (unpaired) electrons. The number of anilines is 2. The van der Waals surface area contributed by atoms with Crippen LogP contribution < -0.4 is 11.1 Å². The number of ether oxygens (including phenoxy) is 1. The number of ketones is 1. The Morgan fingerprint density at radius 2 is 1.87 bits per heavy atom. The number of aromatic nitrogens is 2. The van der Waals surface area contributed by atoms with Crippen molar-refractivity contribution in [3.8, 4) is 0 Å². The Morgan fingerprint density at radius 3 is 2.57 bits per heavy atom. The van der Waals surface area contributed by atoms with E-state index in [4.69, 9.17) is 10.5 Å². The second-order valence-corrected chi connectivity index (χ2v) is 4.52. The summed E-state index contributed by atoms with van der Waals surface area (Å²) < 4.78 is 4.82. The number of amides is 1. The van der Waals surface area contributed by atoms with Crippen LogP contribution in [0.25, 0.3) is 0 Å². The molecule has 0 saturated heterocycles. The number of hydrogen-bond acceptors (Lipinski definition) is 7. The summed E-state index contributed by atoms with van der Waals surface area (Å²) in [6.07, 6.45) is 2.62. The van der Waals surface area contributed by atoms with E-state index in [1.807, 2.05) is 0 Å². The van der Waals surface area contributed by atoms with Gasteiger partial charge in [-0.2, -0.15) is 0 Å². The lowest BCUT2D eigenvalue weighted by Crippen LogP contribution is -2.22. The third-order valence-electron chi connectivity index (χ3n) is 2.83. The predicted octanol–water partition coefficient (Wildman–Crippen LogP) is 1.06. The molecular weight excluding hydrogens is 300 g/mol. The zero-order valence-corrected chi connectivity index (χ0v) is 12.3. The first kappa shape index (κ1) is 16.1. The maximum Gasteiger partial charge on any atom is 0.361 e. The number of Topliss-reactive ketones (excluding diaryl/α,β-unsaturated/α-hetero) is 1. The number of nitrogens with one attached hydrogen (secondary N) is 1. The van der Waals surface area contributed by atoms with Crippen LogP contribution in [0.4, 0.5) is 11.5 Å². The normalized spacial score (nSPS) is 9.96. The molecule has 2 aromatic rings. The number of benzene rings is 1. The zero-order valence-electron chi connectivity index (χ0n) is 12.3. The molecule has 1 aromatic carbocycles. The minimum Gasteiger partial charge on any atom is -0.451 e. The van der Waals surface area contributed by atoms with Gasteiger partial charge < -0.3 is 15.8 Å². The summed E-state index contributed by atoms with van der Waals surface area (Å²) >= 11 is 0. The van der Waals surface area contributed by atoms with Gasteiger partial charge in [-0.15, -0.1) is 0 Å². The van der Waals surface area contributed by atoms with Crippen LogP contribution in [-0.2, 0) is 9.53 Å². The SMILES string of the molecule is CC(=O)c1ccccc1NC(=O)COC(=O)c1nccnc1N. The smallest absolute Gasteiger partial charge is 0.361 e. The van der Waals surface area contributed by atoms with E-state index in [1.165, 1.54) is 19.3 Å². The Bertz CT molecular complexity index is 761. The third-order valence-corrected chi connectivity index (χ3v) is 2.83. The molecule has 0 fully saturated rings. The van der Waals surface area contributed by atoms with Crippen molar-refractivity contribution in [2.24, 2.45) is 0 Å². The summed E-state index contributed by atoms with van der Waals surface area (Å²) in [6.45, 7) is 0.850. The van der Waals surface area contributed by atoms with Crippen LogP contribution in [0.2, 0.25) is 0 Å². The molecule has 0 spiro atoms. The molecule has 1 aromatic heterocycles. The van der Waals surface area contributed by atoms with Gasteiger partial charge >= 0.3 is 5.97 Å². The van der Waals surface area contributed by atoms with Crippen molar-refractivity contribution in [1.29, 1.82) is 0 Å². The number of nitrogen functional groups attached to an aromatic ring is 1. The van der Waals surface area contributed by atoms with E-state index in [2.05, 4.69) is 15.3 Å². The van der Waals surface area contributed by atoms with E-state index in [1.54, 1.807) is 24.3 Å². The maximum atomic E-state index is 11.8. The van der Waals surface area contributed by atoms with Gasteiger partial charge in [-0.3, -0.25) is 9.59 Å². The van der Waals surface area contributed by atoms with Crippen molar-refractivity contribution in [3.63, 3.8) is 0 Å². The first-order valence-corrected chi connectivity index (χ1v) is 6.62. The summed E-state index contributed by atoms with van der Waals surface area (Å²) in [4.78, 5) is 42.5. The van der Waals surface area contributed by atoms with E-state index >= 15 is 0 Å². The molecule has 8 heteroatoms. The minimum atomic E-state index is -0.856. The lowest BCUT2D eigenvalue weighted by molar-refractivity contribution is -0.119. The molecule has 0 atom stereocenters. The van der Waals surface area contributed by atoms with E-state index < -0.39 is 18.5 Å². The topological polar surface area (TPSA) is 124 Å². The molecular formula is C15H14N4O4. The van der Waals surface area contributed by atoms with E-state index in [0.717, 1.165) is 0 Å². The van der Waals surface area contributed by atoms with Crippen LogP contribution in [0.5, 0.6) is 0 Å². The molecule has 8 nitrogen and oxygen atoms in total.